The summed E-state index contributed by atoms with van der Waals surface area (Å²) in [4.78, 5) is 12.4. The molecule has 3 rings (SSSR count). The fraction of sp³-hybridized carbons (Fsp3) is 0.350. The van der Waals surface area contributed by atoms with E-state index in [1.54, 1.807) is 12.1 Å². The van der Waals surface area contributed by atoms with Gasteiger partial charge in [-0.05, 0) is 42.0 Å². The Morgan fingerprint density at radius 1 is 1.17 bits per heavy atom. The van der Waals surface area contributed by atoms with Crippen molar-refractivity contribution >= 4 is 27.6 Å². The van der Waals surface area contributed by atoms with E-state index in [1.165, 1.54) is 31.4 Å². The molecule has 2 aromatic carbocycles. The average molecular weight is 456 g/mol. The van der Waals surface area contributed by atoms with Gasteiger partial charge in [0.25, 0.3) is 0 Å². The van der Waals surface area contributed by atoms with Gasteiger partial charge in [-0.2, -0.15) is 0 Å². The molecule has 0 saturated heterocycles. The molecule has 0 amide bonds. The van der Waals surface area contributed by atoms with Gasteiger partial charge in [-0.25, -0.2) is 17.9 Å². The smallest absolute Gasteiger partial charge is 0.338 e. The molecule has 0 atom stereocenters. The van der Waals surface area contributed by atoms with Crippen molar-refractivity contribution in [2.75, 3.05) is 33.5 Å². The minimum atomic E-state index is -3.67. The Hall–Kier alpha value is -2.33. The normalized spacial score (nSPS) is 13.5. The molecule has 0 radical (unpaired) electrons. The van der Waals surface area contributed by atoms with E-state index >= 15 is 0 Å². The van der Waals surface area contributed by atoms with E-state index in [1.807, 2.05) is 0 Å². The third-order valence-corrected chi connectivity index (χ3v) is 5.99. The van der Waals surface area contributed by atoms with E-state index < -0.39 is 16.0 Å². The molecule has 1 N–H and O–H groups in total. The second-order valence-corrected chi connectivity index (χ2v) is 8.62. The second kappa shape index (κ2) is 10.1. The predicted octanol–water partition coefficient (Wildman–Crippen LogP) is 2.78. The maximum absolute atomic E-state index is 12.3. The number of carbonyl (C=O) groups is 1. The maximum Gasteiger partial charge on any atom is 0.338 e. The van der Waals surface area contributed by atoms with Crippen LogP contribution in [0, 0.1) is 0 Å². The van der Waals surface area contributed by atoms with Crippen molar-refractivity contribution in [2.24, 2.45) is 0 Å². The van der Waals surface area contributed by atoms with Gasteiger partial charge in [-0.3, -0.25) is 0 Å². The lowest BCUT2D eigenvalue weighted by molar-refractivity contribution is 0.0472. The largest absolute Gasteiger partial charge is 0.489 e. The van der Waals surface area contributed by atoms with Gasteiger partial charge in [0.2, 0.25) is 10.0 Å². The number of esters is 1. The second-order valence-electron chi connectivity index (χ2n) is 6.45. The van der Waals surface area contributed by atoms with Gasteiger partial charge in [0.05, 0.1) is 35.3 Å². The van der Waals surface area contributed by atoms with Gasteiger partial charge in [0.1, 0.15) is 6.61 Å². The van der Waals surface area contributed by atoms with Crippen LogP contribution < -0.4 is 14.2 Å². The van der Waals surface area contributed by atoms with Crippen LogP contribution in [0.4, 0.5) is 0 Å². The minimum Gasteiger partial charge on any atom is -0.489 e. The summed E-state index contributed by atoms with van der Waals surface area (Å²) in [5.41, 5.74) is 0.880. The van der Waals surface area contributed by atoms with Crippen LogP contribution in [0.3, 0.4) is 0 Å². The van der Waals surface area contributed by atoms with E-state index in [-0.39, 0.29) is 30.2 Å². The van der Waals surface area contributed by atoms with Crippen molar-refractivity contribution < 1.29 is 32.2 Å². The molecular formula is C20H22ClNO7S. The van der Waals surface area contributed by atoms with Crippen LogP contribution in [0.15, 0.2) is 41.3 Å². The van der Waals surface area contributed by atoms with Crippen molar-refractivity contribution in [3.8, 4) is 11.5 Å². The first-order valence-corrected chi connectivity index (χ1v) is 11.1. The van der Waals surface area contributed by atoms with E-state index in [4.69, 9.17) is 30.5 Å². The predicted molar refractivity (Wildman–Crippen MR) is 110 cm³/mol. The number of nitrogens with one attached hydrogen (secondary N) is 1. The Labute approximate surface area is 180 Å². The van der Waals surface area contributed by atoms with Gasteiger partial charge in [0, 0.05) is 20.1 Å². The van der Waals surface area contributed by atoms with Crippen molar-refractivity contribution in [2.45, 2.75) is 17.9 Å². The van der Waals surface area contributed by atoms with E-state index in [0.29, 0.717) is 35.3 Å². The summed E-state index contributed by atoms with van der Waals surface area (Å²) in [5.74, 6) is 0.413. The van der Waals surface area contributed by atoms with Gasteiger partial charge in [-0.15, -0.1) is 0 Å². The van der Waals surface area contributed by atoms with Gasteiger partial charge < -0.3 is 18.9 Å². The first-order chi connectivity index (χ1) is 14.4. The zero-order valence-corrected chi connectivity index (χ0v) is 17.9. The average Bonchev–Trinajstić information content (AvgIpc) is 2.98. The molecule has 162 valence electrons. The molecule has 0 aromatic heterocycles. The zero-order valence-electron chi connectivity index (χ0n) is 16.4. The Morgan fingerprint density at radius 3 is 2.63 bits per heavy atom. The topological polar surface area (TPSA) is 100 Å². The van der Waals surface area contributed by atoms with E-state index in [9.17, 15) is 13.2 Å². The lowest BCUT2D eigenvalue weighted by Crippen LogP contribution is -2.27. The molecule has 0 bridgehead atoms. The molecule has 8 nitrogen and oxygen atoms in total. The third-order valence-electron chi connectivity index (χ3n) is 4.23. The number of rotatable bonds is 8. The number of hydrogen-bond donors (Lipinski definition) is 1. The number of hydrogen-bond acceptors (Lipinski definition) is 7. The van der Waals surface area contributed by atoms with Gasteiger partial charge in [-0.1, -0.05) is 11.6 Å². The lowest BCUT2D eigenvalue weighted by Gasteiger charge is -2.12. The molecule has 2 aromatic rings. The van der Waals surface area contributed by atoms with Crippen LogP contribution >= 0.6 is 11.6 Å². The minimum absolute atomic E-state index is 0.0200. The number of sulfonamides is 1. The Bertz CT molecular complexity index is 993. The summed E-state index contributed by atoms with van der Waals surface area (Å²) >= 11 is 6.24. The summed E-state index contributed by atoms with van der Waals surface area (Å²) in [6.45, 7) is 1.43. The highest BCUT2D eigenvalue weighted by Crippen LogP contribution is 2.38. The van der Waals surface area contributed by atoms with Crippen LogP contribution in [0.2, 0.25) is 5.02 Å². The zero-order chi connectivity index (χ0) is 21.6. The quantitative estimate of drug-likeness (QED) is 0.482. The Kier molecular flexibility index (Phi) is 7.54. The van der Waals surface area contributed by atoms with Crippen LogP contribution in [-0.2, 0) is 26.1 Å². The summed E-state index contributed by atoms with van der Waals surface area (Å²) in [6, 6.07) is 8.86. The fourth-order valence-electron chi connectivity index (χ4n) is 2.73. The Balaban J connectivity index is 1.63. The fourth-order valence-corrected chi connectivity index (χ4v) is 4.03. The van der Waals surface area contributed by atoms with Crippen LogP contribution in [0.1, 0.15) is 22.3 Å². The molecular weight excluding hydrogens is 434 g/mol. The van der Waals surface area contributed by atoms with Crippen molar-refractivity contribution in [3.05, 3.63) is 52.5 Å². The molecule has 1 aliphatic heterocycles. The number of halogens is 1. The number of ether oxygens (including phenoxy) is 4. The number of carbonyl (C=O) groups excluding carboxylic acids is 1. The molecule has 1 heterocycles. The lowest BCUT2D eigenvalue weighted by atomic mass is 10.2. The number of benzene rings is 2. The Morgan fingerprint density at radius 2 is 1.90 bits per heavy atom. The highest BCUT2D eigenvalue weighted by Gasteiger charge is 2.18. The maximum atomic E-state index is 12.3. The summed E-state index contributed by atoms with van der Waals surface area (Å²) in [6.07, 6.45) is 0.753. The highest BCUT2D eigenvalue weighted by molar-refractivity contribution is 7.89. The molecule has 30 heavy (non-hydrogen) atoms. The molecule has 0 unspecified atom stereocenters. The number of methoxy groups -OCH3 is 1. The summed E-state index contributed by atoms with van der Waals surface area (Å²) in [7, 11) is -2.19. The first kappa shape index (κ1) is 22.4. The van der Waals surface area contributed by atoms with Crippen molar-refractivity contribution in [1.82, 2.24) is 4.72 Å². The van der Waals surface area contributed by atoms with Crippen LogP contribution in [0.25, 0.3) is 0 Å². The highest BCUT2D eigenvalue weighted by atomic mass is 35.5. The molecule has 0 fully saturated rings. The molecule has 0 spiro atoms. The molecule has 1 aliphatic rings. The molecule has 10 heteroatoms. The monoisotopic (exact) mass is 455 g/mol. The molecule has 0 aliphatic carbocycles. The molecule has 0 saturated carbocycles. The summed E-state index contributed by atoms with van der Waals surface area (Å²) < 4.78 is 48.0. The third kappa shape index (κ3) is 5.63. The van der Waals surface area contributed by atoms with E-state index in [2.05, 4.69) is 4.72 Å². The van der Waals surface area contributed by atoms with Crippen LogP contribution in [-0.4, -0.2) is 47.9 Å². The van der Waals surface area contributed by atoms with Crippen molar-refractivity contribution in [3.63, 3.8) is 0 Å². The first-order valence-electron chi connectivity index (χ1n) is 9.24. The van der Waals surface area contributed by atoms with Gasteiger partial charge in [0.15, 0.2) is 11.5 Å². The van der Waals surface area contributed by atoms with E-state index in [0.717, 1.165) is 6.42 Å². The van der Waals surface area contributed by atoms with Gasteiger partial charge >= 0.3 is 5.97 Å². The summed E-state index contributed by atoms with van der Waals surface area (Å²) in [5, 5.41) is 0.385. The van der Waals surface area contributed by atoms with Crippen molar-refractivity contribution in [1.29, 1.82) is 0 Å². The number of fused-ring (bicyclic) bond motifs is 1. The van der Waals surface area contributed by atoms with Crippen LogP contribution in [0.5, 0.6) is 11.5 Å². The standard InChI is InChI=1S/C20H22ClNO7S/c1-26-10-7-22-30(24,25)16-5-3-15(4-6-16)20(23)29-13-14-11-17(21)19-18(12-14)27-8-2-9-28-19/h3-6,11-12,22H,2,7-10,13H2,1H3. The SMILES string of the molecule is COCCNS(=O)(=O)c1ccc(C(=O)OCc2cc(Cl)c3c(c2)OCCCO3)cc1.